The predicted octanol–water partition coefficient (Wildman–Crippen LogP) is 3.51. The Morgan fingerprint density at radius 1 is 1.23 bits per heavy atom. The first kappa shape index (κ1) is 16.6. The molecule has 0 bridgehead atoms. The number of esters is 1. The minimum Gasteiger partial charge on any atom is -0.453 e. The standard InChI is InChI=1S/C17H13N5O2S2/c1-11-15(26-16(18-11)12-7-8-25-10-12)17(23)24-9-14-19-20-21-22(14)13-5-3-2-4-6-13/h2-8,10H,9H2,1H3. The van der Waals surface area contributed by atoms with E-state index >= 15 is 0 Å². The third-order valence-corrected chi connectivity index (χ3v) is 5.49. The van der Waals surface area contributed by atoms with Gasteiger partial charge in [0.2, 0.25) is 0 Å². The van der Waals surface area contributed by atoms with Crippen LogP contribution in [0.2, 0.25) is 0 Å². The van der Waals surface area contributed by atoms with Gasteiger partial charge >= 0.3 is 5.97 Å². The maximum Gasteiger partial charge on any atom is 0.350 e. The van der Waals surface area contributed by atoms with Gasteiger partial charge in [0.15, 0.2) is 12.4 Å². The Kier molecular flexibility index (Phi) is 4.55. The number of tetrazole rings is 1. The number of hydrogen-bond acceptors (Lipinski definition) is 8. The molecule has 0 N–H and O–H groups in total. The maximum atomic E-state index is 12.5. The summed E-state index contributed by atoms with van der Waals surface area (Å²) in [6.07, 6.45) is 0. The first-order chi connectivity index (χ1) is 12.7. The molecule has 0 saturated carbocycles. The Bertz CT molecular complexity index is 1020. The fourth-order valence-corrected chi connectivity index (χ4v) is 4.03. The van der Waals surface area contributed by atoms with Crippen molar-refractivity contribution < 1.29 is 9.53 Å². The van der Waals surface area contributed by atoms with E-state index in [1.54, 1.807) is 22.9 Å². The Morgan fingerprint density at radius 3 is 2.85 bits per heavy atom. The summed E-state index contributed by atoms with van der Waals surface area (Å²) in [6.45, 7) is 1.78. The lowest BCUT2D eigenvalue weighted by Gasteiger charge is -2.05. The van der Waals surface area contributed by atoms with Crippen molar-refractivity contribution in [3.05, 3.63) is 63.6 Å². The number of nitrogens with zero attached hydrogens (tertiary/aromatic N) is 5. The van der Waals surface area contributed by atoms with E-state index < -0.39 is 5.97 Å². The molecule has 9 heteroatoms. The molecule has 3 heterocycles. The van der Waals surface area contributed by atoms with E-state index in [4.69, 9.17) is 4.74 Å². The molecule has 7 nitrogen and oxygen atoms in total. The van der Waals surface area contributed by atoms with Crippen molar-refractivity contribution in [1.82, 2.24) is 25.2 Å². The Morgan fingerprint density at radius 2 is 2.08 bits per heavy atom. The Balaban J connectivity index is 1.50. The molecule has 0 aliphatic heterocycles. The number of para-hydroxylation sites is 1. The van der Waals surface area contributed by atoms with Crippen molar-refractivity contribution in [2.45, 2.75) is 13.5 Å². The molecular weight excluding hydrogens is 370 g/mol. The highest BCUT2D eigenvalue weighted by Gasteiger charge is 2.19. The van der Waals surface area contributed by atoms with Gasteiger partial charge in [0.1, 0.15) is 9.88 Å². The van der Waals surface area contributed by atoms with Gasteiger partial charge in [-0.05, 0) is 40.9 Å². The number of aryl methyl sites for hydroxylation is 1. The molecule has 0 fully saturated rings. The van der Waals surface area contributed by atoms with Crippen molar-refractivity contribution in [3.8, 4) is 16.3 Å². The minimum absolute atomic E-state index is 0.0220. The van der Waals surface area contributed by atoms with Gasteiger partial charge < -0.3 is 4.74 Å². The van der Waals surface area contributed by atoms with Crippen molar-refractivity contribution in [1.29, 1.82) is 0 Å². The third-order valence-electron chi connectivity index (χ3n) is 3.62. The number of aromatic nitrogens is 5. The lowest BCUT2D eigenvalue weighted by atomic mass is 10.3. The van der Waals surface area contributed by atoms with Gasteiger partial charge in [0, 0.05) is 10.9 Å². The molecule has 4 aromatic rings. The molecule has 0 radical (unpaired) electrons. The summed E-state index contributed by atoms with van der Waals surface area (Å²) in [6, 6.07) is 11.4. The van der Waals surface area contributed by atoms with Gasteiger partial charge in [0.25, 0.3) is 0 Å². The second kappa shape index (κ2) is 7.14. The molecule has 0 unspecified atom stereocenters. The molecule has 0 aliphatic carbocycles. The fraction of sp³-hybridized carbons (Fsp3) is 0.118. The molecule has 1 aromatic carbocycles. The molecule has 0 atom stereocenters. The molecule has 130 valence electrons. The van der Waals surface area contributed by atoms with E-state index in [1.807, 2.05) is 47.2 Å². The molecule has 4 rings (SSSR count). The number of thiophene rings is 1. The molecular formula is C17H13N5O2S2. The smallest absolute Gasteiger partial charge is 0.350 e. The highest BCUT2D eigenvalue weighted by atomic mass is 32.1. The molecule has 0 saturated heterocycles. The summed E-state index contributed by atoms with van der Waals surface area (Å²) in [4.78, 5) is 17.4. The van der Waals surface area contributed by atoms with Gasteiger partial charge in [-0.3, -0.25) is 0 Å². The minimum atomic E-state index is -0.427. The number of benzene rings is 1. The van der Waals surface area contributed by atoms with Crippen LogP contribution in [0.5, 0.6) is 0 Å². The molecule has 26 heavy (non-hydrogen) atoms. The zero-order valence-electron chi connectivity index (χ0n) is 13.7. The van der Waals surface area contributed by atoms with Crippen LogP contribution in [0.1, 0.15) is 21.2 Å². The summed E-state index contributed by atoms with van der Waals surface area (Å²) >= 11 is 2.92. The zero-order valence-corrected chi connectivity index (χ0v) is 15.3. The van der Waals surface area contributed by atoms with Crippen LogP contribution in [0.15, 0.2) is 47.2 Å². The highest BCUT2D eigenvalue weighted by molar-refractivity contribution is 7.17. The first-order valence-electron chi connectivity index (χ1n) is 7.72. The van der Waals surface area contributed by atoms with Gasteiger partial charge in [-0.2, -0.15) is 16.0 Å². The van der Waals surface area contributed by atoms with E-state index in [2.05, 4.69) is 20.5 Å². The average molecular weight is 383 g/mol. The lowest BCUT2D eigenvalue weighted by molar-refractivity contribution is 0.0464. The average Bonchev–Trinajstić information content (AvgIpc) is 3.40. The second-order valence-electron chi connectivity index (χ2n) is 5.36. The van der Waals surface area contributed by atoms with Crippen molar-refractivity contribution in [2.75, 3.05) is 0 Å². The zero-order chi connectivity index (χ0) is 17.9. The summed E-state index contributed by atoms with van der Waals surface area (Å²) in [5.41, 5.74) is 2.47. The fourth-order valence-electron chi connectivity index (χ4n) is 2.36. The van der Waals surface area contributed by atoms with Crippen LogP contribution >= 0.6 is 22.7 Å². The van der Waals surface area contributed by atoms with Crippen LogP contribution in [-0.2, 0) is 11.3 Å². The van der Waals surface area contributed by atoms with Crippen molar-refractivity contribution in [3.63, 3.8) is 0 Å². The predicted molar refractivity (Wildman–Crippen MR) is 98.4 cm³/mol. The number of hydrogen-bond donors (Lipinski definition) is 0. The summed E-state index contributed by atoms with van der Waals surface area (Å²) < 4.78 is 6.96. The van der Waals surface area contributed by atoms with E-state index in [1.165, 1.54) is 11.3 Å². The van der Waals surface area contributed by atoms with E-state index in [9.17, 15) is 4.79 Å². The number of ether oxygens (including phenoxy) is 1. The van der Waals surface area contributed by atoms with Crippen LogP contribution in [0.4, 0.5) is 0 Å². The Labute approximate surface area is 156 Å². The van der Waals surface area contributed by atoms with Crippen molar-refractivity contribution in [2.24, 2.45) is 0 Å². The molecule has 3 aromatic heterocycles. The van der Waals surface area contributed by atoms with Crippen LogP contribution in [0.3, 0.4) is 0 Å². The summed E-state index contributed by atoms with van der Waals surface area (Å²) in [5.74, 6) is 0.0221. The van der Waals surface area contributed by atoms with Crippen LogP contribution in [0.25, 0.3) is 16.3 Å². The number of rotatable bonds is 5. The highest BCUT2D eigenvalue weighted by Crippen LogP contribution is 2.29. The SMILES string of the molecule is Cc1nc(-c2ccsc2)sc1C(=O)OCc1nnnn1-c1ccccc1. The number of carbonyl (C=O) groups excluding carboxylic acids is 1. The summed E-state index contributed by atoms with van der Waals surface area (Å²) in [5, 5.41) is 16.3. The monoisotopic (exact) mass is 383 g/mol. The third kappa shape index (κ3) is 3.26. The molecule has 0 aliphatic rings. The second-order valence-corrected chi connectivity index (χ2v) is 7.14. The summed E-state index contributed by atoms with van der Waals surface area (Å²) in [7, 11) is 0. The normalized spacial score (nSPS) is 10.8. The quantitative estimate of drug-likeness (QED) is 0.491. The topological polar surface area (TPSA) is 82.8 Å². The van der Waals surface area contributed by atoms with Crippen LogP contribution in [0, 0.1) is 6.92 Å². The van der Waals surface area contributed by atoms with Gasteiger partial charge in [-0.15, -0.1) is 16.4 Å². The van der Waals surface area contributed by atoms with Crippen LogP contribution < -0.4 is 0 Å². The van der Waals surface area contributed by atoms with Gasteiger partial charge in [0.05, 0.1) is 11.4 Å². The molecule has 0 amide bonds. The Hall–Kier alpha value is -2.91. The van der Waals surface area contributed by atoms with Crippen LogP contribution in [-0.4, -0.2) is 31.2 Å². The van der Waals surface area contributed by atoms with E-state index in [0.717, 1.165) is 16.3 Å². The van der Waals surface area contributed by atoms with E-state index in [0.29, 0.717) is 16.4 Å². The van der Waals surface area contributed by atoms with Gasteiger partial charge in [-0.25, -0.2) is 9.78 Å². The molecule has 0 spiro atoms. The lowest BCUT2D eigenvalue weighted by Crippen LogP contribution is -2.09. The van der Waals surface area contributed by atoms with Gasteiger partial charge in [-0.1, -0.05) is 18.2 Å². The maximum absolute atomic E-state index is 12.5. The number of carbonyl (C=O) groups is 1. The van der Waals surface area contributed by atoms with E-state index in [-0.39, 0.29) is 6.61 Å². The largest absolute Gasteiger partial charge is 0.453 e. The number of thiazole rings is 1. The first-order valence-corrected chi connectivity index (χ1v) is 9.48. The van der Waals surface area contributed by atoms with Crippen molar-refractivity contribution >= 4 is 28.6 Å².